The topological polar surface area (TPSA) is 49.3 Å². The van der Waals surface area contributed by atoms with Crippen molar-refractivity contribution in [1.82, 2.24) is 15.6 Å². The molecule has 2 N–H and O–H groups in total. The lowest BCUT2D eigenvalue weighted by Gasteiger charge is -2.18. The van der Waals surface area contributed by atoms with Crippen LogP contribution < -0.4 is 10.6 Å². The third-order valence-electron chi connectivity index (χ3n) is 3.20. The maximum atomic E-state index is 4.43. The molecule has 0 saturated heterocycles. The summed E-state index contributed by atoms with van der Waals surface area (Å²) in [5.74, 6) is 0.885. The molecular weight excluding hydrogens is 280 g/mol. The highest BCUT2D eigenvalue weighted by Crippen LogP contribution is 2.19. The standard InChI is InChI=1S/C16H30N4S/c1-6-13-12-20-14(21-13)8-11-19-15(17-5)18-10-7-9-16(2,3)4/h12H,6-11H2,1-5H3,(H2,17,18,19). The number of hydrogen-bond donors (Lipinski definition) is 2. The number of nitrogens with zero attached hydrogens (tertiary/aromatic N) is 2. The summed E-state index contributed by atoms with van der Waals surface area (Å²) < 4.78 is 0. The van der Waals surface area contributed by atoms with Gasteiger partial charge in [0.05, 0.1) is 5.01 Å². The van der Waals surface area contributed by atoms with E-state index in [9.17, 15) is 0 Å². The Labute approximate surface area is 133 Å². The minimum Gasteiger partial charge on any atom is -0.356 e. The van der Waals surface area contributed by atoms with Gasteiger partial charge in [-0.25, -0.2) is 4.98 Å². The summed E-state index contributed by atoms with van der Waals surface area (Å²) in [7, 11) is 1.82. The van der Waals surface area contributed by atoms with Gasteiger partial charge in [-0.3, -0.25) is 4.99 Å². The minimum absolute atomic E-state index is 0.403. The average Bonchev–Trinajstić information content (AvgIpc) is 2.88. The van der Waals surface area contributed by atoms with Gasteiger partial charge in [0.25, 0.3) is 0 Å². The van der Waals surface area contributed by atoms with Gasteiger partial charge in [-0.2, -0.15) is 0 Å². The number of thiazole rings is 1. The first kappa shape index (κ1) is 18.0. The molecule has 0 fully saturated rings. The van der Waals surface area contributed by atoms with Crippen LogP contribution in [0.4, 0.5) is 0 Å². The van der Waals surface area contributed by atoms with Crippen molar-refractivity contribution in [3.05, 3.63) is 16.1 Å². The van der Waals surface area contributed by atoms with Crippen LogP contribution in [0.5, 0.6) is 0 Å². The Kier molecular flexibility index (Phi) is 7.72. The summed E-state index contributed by atoms with van der Waals surface area (Å²) in [6.45, 7) is 10.8. The summed E-state index contributed by atoms with van der Waals surface area (Å²) >= 11 is 1.80. The molecule has 120 valence electrons. The Bertz CT molecular complexity index is 432. The number of aromatic nitrogens is 1. The van der Waals surface area contributed by atoms with E-state index in [0.717, 1.165) is 38.3 Å². The molecule has 0 bridgehead atoms. The minimum atomic E-state index is 0.403. The highest BCUT2D eigenvalue weighted by molar-refractivity contribution is 7.11. The van der Waals surface area contributed by atoms with Crippen molar-refractivity contribution >= 4 is 17.3 Å². The number of nitrogens with one attached hydrogen (secondary N) is 2. The molecule has 1 heterocycles. The second-order valence-electron chi connectivity index (χ2n) is 6.41. The Morgan fingerprint density at radius 2 is 2.00 bits per heavy atom. The molecule has 0 unspecified atom stereocenters. The predicted octanol–water partition coefficient (Wildman–Crippen LogP) is 3.24. The van der Waals surface area contributed by atoms with E-state index in [2.05, 4.69) is 48.3 Å². The van der Waals surface area contributed by atoms with Crippen molar-refractivity contribution in [3.8, 4) is 0 Å². The van der Waals surface area contributed by atoms with E-state index in [0.29, 0.717) is 5.41 Å². The van der Waals surface area contributed by atoms with Crippen molar-refractivity contribution < 1.29 is 0 Å². The Hall–Kier alpha value is -1.10. The first-order valence-corrected chi connectivity index (χ1v) is 8.64. The van der Waals surface area contributed by atoms with E-state index in [4.69, 9.17) is 0 Å². The summed E-state index contributed by atoms with van der Waals surface area (Å²) in [6, 6.07) is 0. The fourth-order valence-electron chi connectivity index (χ4n) is 1.96. The smallest absolute Gasteiger partial charge is 0.190 e. The van der Waals surface area contributed by atoms with Gasteiger partial charge < -0.3 is 10.6 Å². The number of aliphatic imine (C=N–C) groups is 1. The molecule has 0 atom stereocenters. The van der Waals surface area contributed by atoms with Crippen LogP contribution in [0, 0.1) is 5.41 Å². The van der Waals surface area contributed by atoms with Crippen LogP contribution in [0.3, 0.4) is 0 Å². The van der Waals surface area contributed by atoms with Gasteiger partial charge in [0.1, 0.15) is 0 Å². The fourth-order valence-corrected chi connectivity index (χ4v) is 2.82. The maximum Gasteiger partial charge on any atom is 0.190 e. The summed E-state index contributed by atoms with van der Waals surface area (Å²) in [4.78, 5) is 10.0. The summed E-state index contributed by atoms with van der Waals surface area (Å²) in [5.41, 5.74) is 0.403. The molecular formula is C16H30N4S. The lowest BCUT2D eigenvalue weighted by Crippen LogP contribution is -2.38. The first-order valence-electron chi connectivity index (χ1n) is 7.82. The molecule has 0 spiro atoms. The van der Waals surface area contributed by atoms with E-state index >= 15 is 0 Å². The Balaban J connectivity index is 2.19. The van der Waals surface area contributed by atoms with Crippen LogP contribution in [-0.4, -0.2) is 31.1 Å². The van der Waals surface area contributed by atoms with Crippen molar-refractivity contribution in [2.45, 2.75) is 53.4 Å². The average molecular weight is 311 g/mol. The third kappa shape index (κ3) is 8.05. The van der Waals surface area contributed by atoms with E-state index in [1.165, 1.54) is 16.3 Å². The SMILES string of the molecule is CCc1cnc(CCNC(=NC)NCCCC(C)(C)C)s1. The van der Waals surface area contributed by atoms with Crippen LogP contribution in [-0.2, 0) is 12.8 Å². The zero-order valence-electron chi connectivity index (χ0n) is 14.1. The highest BCUT2D eigenvalue weighted by Gasteiger charge is 2.09. The third-order valence-corrected chi connectivity index (χ3v) is 4.40. The molecule has 4 nitrogen and oxygen atoms in total. The molecule has 21 heavy (non-hydrogen) atoms. The molecule has 0 saturated carbocycles. The van der Waals surface area contributed by atoms with Gasteiger partial charge in [0.2, 0.25) is 0 Å². The quantitative estimate of drug-likeness (QED) is 0.462. The van der Waals surface area contributed by atoms with Crippen molar-refractivity contribution in [3.63, 3.8) is 0 Å². The Morgan fingerprint density at radius 3 is 2.57 bits per heavy atom. The monoisotopic (exact) mass is 310 g/mol. The number of hydrogen-bond acceptors (Lipinski definition) is 3. The maximum absolute atomic E-state index is 4.43. The molecule has 0 aromatic carbocycles. The van der Waals surface area contributed by atoms with Gasteiger partial charge in [0.15, 0.2) is 5.96 Å². The second-order valence-corrected chi connectivity index (χ2v) is 7.61. The number of rotatable bonds is 7. The molecule has 5 heteroatoms. The van der Waals surface area contributed by atoms with Gasteiger partial charge in [-0.05, 0) is 24.7 Å². The van der Waals surface area contributed by atoms with Crippen LogP contribution in [0.1, 0.15) is 50.4 Å². The summed E-state index contributed by atoms with van der Waals surface area (Å²) in [5, 5.41) is 7.91. The normalized spacial score (nSPS) is 12.5. The van der Waals surface area contributed by atoms with Crippen molar-refractivity contribution in [1.29, 1.82) is 0 Å². The fraction of sp³-hybridized carbons (Fsp3) is 0.750. The lowest BCUT2D eigenvalue weighted by atomic mass is 9.91. The van der Waals surface area contributed by atoms with Crippen LogP contribution in [0.15, 0.2) is 11.2 Å². The molecule has 1 aromatic rings. The van der Waals surface area contributed by atoms with Crippen LogP contribution in [0.25, 0.3) is 0 Å². The lowest BCUT2D eigenvalue weighted by molar-refractivity contribution is 0.365. The van der Waals surface area contributed by atoms with E-state index < -0.39 is 0 Å². The van der Waals surface area contributed by atoms with E-state index in [1.807, 2.05) is 13.2 Å². The second kappa shape index (κ2) is 9.03. The molecule has 0 radical (unpaired) electrons. The van der Waals surface area contributed by atoms with Crippen LogP contribution in [0.2, 0.25) is 0 Å². The predicted molar refractivity (Wildman–Crippen MR) is 93.2 cm³/mol. The van der Waals surface area contributed by atoms with Gasteiger partial charge in [-0.1, -0.05) is 27.7 Å². The zero-order valence-corrected chi connectivity index (χ0v) is 14.9. The first-order chi connectivity index (χ1) is 9.94. The molecule has 0 aliphatic rings. The molecule has 0 aliphatic carbocycles. The van der Waals surface area contributed by atoms with Crippen molar-refractivity contribution in [2.24, 2.45) is 10.4 Å². The summed E-state index contributed by atoms with van der Waals surface area (Å²) in [6.07, 6.45) is 6.39. The van der Waals surface area contributed by atoms with Crippen LogP contribution >= 0.6 is 11.3 Å². The van der Waals surface area contributed by atoms with Gasteiger partial charge in [-0.15, -0.1) is 11.3 Å². The zero-order chi connectivity index (χ0) is 15.7. The van der Waals surface area contributed by atoms with Crippen molar-refractivity contribution in [2.75, 3.05) is 20.1 Å². The number of guanidine groups is 1. The van der Waals surface area contributed by atoms with Gasteiger partial charge in [0, 0.05) is 37.6 Å². The number of aryl methyl sites for hydroxylation is 1. The molecule has 0 aliphatic heterocycles. The van der Waals surface area contributed by atoms with E-state index in [1.54, 1.807) is 11.3 Å². The largest absolute Gasteiger partial charge is 0.356 e. The van der Waals surface area contributed by atoms with E-state index in [-0.39, 0.29) is 0 Å². The molecule has 1 aromatic heterocycles. The highest BCUT2D eigenvalue weighted by atomic mass is 32.1. The molecule has 1 rings (SSSR count). The molecule has 0 amide bonds. The van der Waals surface area contributed by atoms with Gasteiger partial charge >= 0.3 is 0 Å². The Morgan fingerprint density at radius 1 is 1.29 bits per heavy atom.